The smallest absolute Gasteiger partial charge is 0.272 e. The number of carbonyl (C=O) groups is 1. The average Bonchev–Trinajstić information content (AvgIpc) is 2.70. The number of fused-ring (bicyclic) bond motifs is 1. The van der Waals surface area contributed by atoms with E-state index in [0.717, 1.165) is 18.2 Å². The van der Waals surface area contributed by atoms with Crippen LogP contribution in [0.1, 0.15) is 13.3 Å². The maximum absolute atomic E-state index is 13.9. The van der Waals surface area contributed by atoms with Crippen molar-refractivity contribution in [1.29, 1.82) is 0 Å². The van der Waals surface area contributed by atoms with Crippen LogP contribution in [-0.2, 0) is 19.4 Å². The lowest BCUT2D eigenvalue weighted by Crippen LogP contribution is -2.51. The van der Waals surface area contributed by atoms with Crippen molar-refractivity contribution in [3.8, 4) is 11.5 Å². The predicted molar refractivity (Wildman–Crippen MR) is 77.4 cm³/mol. The van der Waals surface area contributed by atoms with E-state index in [1.807, 2.05) is 0 Å². The number of sulfone groups is 1. The molecule has 23 heavy (non-hydrogen) atoms. The van der Waals surface area contributed by atoms with Gasteiger partial charge in [-0.05, 0) is 0 Å². The molecule has 1 aromatic carbocycles. The molecule has 0 saturated carbocycles. The highest BCUT2D eigenvalue weighted by atomic mass is 32.2. The fraction of sp³-hybridized carbons (Fsp3) is 0.400. The summed E-state index contributed by atoms with van der Waals surface area (Å²) in [7, 11) is -1.56. The van der Waals surface area contributed by atoms with Gasteiger partial charge in [-0.3, -0.25) is 4.79 Å². The van der Waals surface area contributed by atoms with Crippen LogP contribution in [0.4, 0.5) is 4.39 Å². The molecule has 1 heterocycles. The van der Waals surface area contributed by atoms with Gasteiger partial charge in [0.25, 0.3) is 4.93 Å². The molecule has 0 aromatic heterocycles. The normalized spacial score (nSPS) is 28.1. The van der Waals surface area contributed by atoms with Crippen molar-refractivity contribution < 1.29 is 31.8 Å². The van der Waals surface area contributed by atoms with Gasteiger partial charge in [0.05, 0.1) is 14.2 Å². The number of halogens is 1. The highest BCUT2D eigenvalue weighted by Crippen LogP contribution is 2.53. The molecule has 1 aromatic rings. The highest BCUT2D eigenvalue weighted by Gasteiger charge is 2.63. The van der Waals surface area contributed by atoms with E-state index in [1.165, 1.54) is 14.2 Å². The second kappa shape index (κ2) is 4.95. The third kappa shape index (κ3) is 1.90. The van der Waals surface area contributed by atoms with Gasteiger partial charge in [-0.2, -0.15) is 0 Å². The minimum absolute atomic E-state index is 0.0142. The lowest BCUT2D eigenvalue weighted by Gasteiger charge is -2.36. The second-order valence-corrected chi connectivity index (χ2v) is 7.54. The molecule has 0 N–H and O–H groups in total. The SMILES string of the molecule is COC1=CC(=O)C[C@@H](C)[C@]12Oc1cc(F)c(OC)cc1S2(=O)=O. The maximum atomic E-state index is 13.9. The number of methoxy groups -OCH3 is 2. The Kier molecular flexibility index (Phi) is 3.40. The molecule has 6 nitrogen and oxygen atoms in total. The molecule has 0 saturated heterocycles. The van der Waals surface area contributed by atoms with Crippen molar-refractivity contribution in [3.63, 3.8) is 0 Å². The van der Waals surface area contributed by atoms with Crippen molar-refractivity contribution in [2.75, 3.05) is 14.2 Å². The topological polar surface area (TPSA) is 78.9 Å². The third-order valence-electron chi connectivity index (χ3n) is 4.18. The fourth-order valence-corrected chi connectivity index (χ4v) is 5.25. The number of ether oxygens (including phenoxy) is 3. The summed E-state index contributed by atoms with van der Waals surface area (Å²) in [5.74, 6) is -2.10. The number of rotatable bonds is 2. The molecule has 3 rings (SSSR count). The van der Waals surface area contributed by atoms with E-state index in [2.05, 4.69) is 0 Å². The molecule has 0 fully saturated rings. The van der Waals surface area contributed by atoms with E-state index in [9.17, 15) is 17.6 Å². The van der Waals surface area contributed by atoms with E-state index in [-0.39, 0.29) is 34.4 Å². The first kappa shape index (κ1) is 15.8. The zero-order chi connectivity index (χ0) is 17.0. The van der Waals surface area contributed by atoms with Crippen LogP contribution in [0.5, 0.6) is 11.5 Å². The lowest BCUT2D eigenvalue weighted by molar-refractivity contribution is -0.117. The van der Waals surface area contributed by atoms with Gasteiger partial charge in [0.2, 0.25) is 9.84 Å². The first-order valence-corrected chi connectivity index (χ1v) is 8.36. The molecule has 2 aliphatic rings. The van der Waals surface area contributed by atoms with Crippen LogP contribution in [0.3, 0.4) is 0 Å². The van der Waals surface area contributed by atoms with E-state index in [0.29, 0.717) is 0 Å². The molecule has 0 bridgehead atoms. The molecule has 8 heteroatoms. The summed E-state index contributed by atoms with van der Waals surface area (Å²) >= 11 is 0. The van der Waals surface area contributed by atoms with E-state index < -0.39 is 26.5 Å². The molecule has 0 unspecified atom stereocenters. The van der Waals surface area contributed by atoms with Crippen LogP contribution in [0.2, 0.25) is 0 Å². The zero-order valence-electron chi connectivity index (χ0n) is 12.8. The monoisotopic (exact) mass is 342 g/mol. The Balaban J connectivity index is 2.28. The van der Waals surface area contributed by atoms with Crippen LogP contribution in [0.25, 0.3) is 0 Å². The summed E-state index contributed by atoms with van der Waals surface area (Å²) < 4.78 is 55.7. The summed E-state index contributed by atoms with van der Waals surface area (Å²) in [6.45, 7) is 1.58. The molecule has 1 aliphatic carbocycles. The molecule has 124 valence electrons. The Morgan fingerprint density at radius 1 is 1.30 bits per heavy atom. The summed E-state index contributed by atoms with van der Waals surface area (Å²) in [5.41, 5.74) is 0. The van der Waals surface area contributed by atoms with Crippen LogP contribution >= 0.6 is 0 Å². The van der Waals surface area contributed by atoms with E-state index >= 15 is 0 Å². The Labute approximate surface area is 132 Å². The van der Waals surface area contributed by atoms with Gasteiger partial charge in [-0.15, -0.1) is 0 Å². The van der Waals surface area contributed by atoms with Crippen LogP contribution < -0.4 is 9.47 Å². The van der Waals surface area contributed by atoms with Gasteiger partial charge in [-0.1, -0.05) is 6.92 Å². The van der Waals surface area contributed by atoms with Crippen LogP contribution in [0.15, 0.2) is 28.9 Å². The van der Waals surface area contributed by atoms with Crippen molar-refractivity contribution in [1.82, 2.24) is 0 Å². The Hall–Kier alpha value is -2.09. The fourth-order valence-electron chi connectivity index (χ4n) is 3.08. The molecular weight excluding hydrogens is 327 g/mol. The molecule has 1 aliphatic heterocycles. The van der Waals surface area contributed by atoms with Gasteiger partial charge in [-0.25, -0.2) is 12.8 Å². The van der Waals surface area contributed by atoms with E-state index in [1.54, 1.807) is 6.92 Å². The van der Waals surface area contributed by atoms with Gasteiger partial charge in [0, 0.05) is 30.5 Å². The number of carbonyl (C=O) groups excluding carboxylic acids is 1. The summed E-state index contributed by atoms with van der Waals surface area (Å²) in [4.78, 5) is 9.69. The summed E-state index contributed by atoms with van der Waals surface area (Å²) in [6, 6.07) is 2.06. The first-order valence-electron chi connectivity index (χ1n) is 6.88. The number of benzene rings is 1. The molecule has 1 spiro atoms. The number of hydrogen-bond donors (Lipinski definition) is 0. The molecule has 0 amide bonds. The molecule has 2 atom stereocenters. The van der Waals surface area contributed by atoms with Gasteiger partial charge in [0.1, 0.15) is 10.6 Å². The third-order valence-corrected chi connectivity index (χ3v) is 6.56. The van der Waals surface area contributed by atoms with Crippen molar-refractivity contribution in [3.05, 3.63) is 29.8 Å². The van der Waals surface area contributed by atoms with Gasteiger partial charge in [0.15, 0.2) is 23.1 Å². The van der Waals surface area contributed by atoms with Crippen molar-refractivity contribution in [2.24, 2.45) is 5.92 Å². The summed E-state index contributed by atoms with van der Waals surface area (Å²) in [6.07, 6.45) is 1.11. The quantitative estimate of drug-likeness (QED) is 0.763. The van der Waals surface area contributed by atoms with Crippen molar-refractivity contribution >= 4 is 15.6 Å². The Morgan fingerprint density at radius 2 is 2.00 bits per heavy atom. The largest absolute Gasteiger partial charge is 0.496 e. The van der Waals surface area contributed by atoms with Crippen LogP contribution in [0, 0.1) is 11.7 Å². The Bertz CT molecular complexity index is 829. The maximum Gasteiger partial charge on any atom is 0.272 e. The van der Waals surface area contributed by atoms with Crippen LogP contribution in [-0.4, -0.2) is 33.4 Å². The lowest BCUT2D eigenvalue weighted by atomic mass is 9.90. The number of ketones is 1. The zero-order valence-corrected chi connectivity index (χ0v) is 13.6. The molecular formula is C15H15FO6S. The van der Waals surface area contributed by atoms with Gasteiger partial charge < -0.3 is 14.2 Å². The van der Waals surface area contributed by atoms with Crippen molar-refractivity contribution in [2.45, 2.75) is 23.2 Å². The second-order valence-electron chi connectivity index (χ2n) is 5.49. The highest BCUT2D eigenvalue weighted by molar-refractivity contribution is 7.93. The standard InChI is InChI=1S/C15H15FO6S/c1-8-4-9(17)5-14(21-3)15(8)22-12-6-10(16)11(20-2)7-13(12)23(15,18)19/h5-8H,4H2,1-3H3/t8-,15-/m1/s1. The summed E-state index contributed by atoms with van der Waals surface area (Å²) in [5, 5.41) is 0. The minimum Gasteiger partial charge on any atom is -0.496 e. The number of hydrogen-bond acceptors (Lipinski definition) is 6. The number of allylic oxidation sites excluding steroid dienone is 1. The van der Waals surface area contributed by atoms with E-state index in [4.69, 9.17) is 14.2 Å². The minimum atomic E-state index is -4.07. The Morgan fingerprint density at radius 3 is 2.61 bits per heavy atom. The first-order chi connectivity index (χ1) is 10.8. The van der Waals surface area contributed by atoms with Gasteiger partial charge >= 0.3 is 0 Å². The average molecular weight is 342 g/mol. The molecule has 0 radical (unpaired) electrons. The predicted octanol–water partition coefficient (Wildman–Crippen LogP) is 1.84.